The van der Waals surface area contributed by atoms with E-state index in [9.17, 15) is 9.59 Å². The summed E-state index contributed by atoms with van der Waals surface area (Å²) in [5.41, 5.74) is 4.34. The van der Waals surface area contributed by atoms with Gasteiger partial charge >= 0.3 is 0 Å². The summed E-state index contributed by atoms with van der Waals surface area (Å²) in [5, 5.41) is 2.68. The fourth-order valence-electron chi connectivity index (χ4n) is 2.17. The zero-order chi connectivity index (χ0) is 16.7. The highest BCUT2D eigenvalue weighted by atomic mass is 32.2. The number of hydrogen-bond acceptors (Lipinski definition) is 3. The highest BCUT2D eigenvalue weighted by Crippen LogP contribution is 2.17. The van der Waals surface area contributed by atoms with Crippen LogP contribution in [0.1, 0.15) is 27.0 Å². The molecule has 0 saturated heterocycles. The van der Waals surface area contributed by atoms with Crippen molar-refractivity contribution in [2.24, 2.45) is 0 Å². The fraction of sp³-hybridized carbons (Fsp3) is 0.263. The van der Waals surface area contributed by atoms with Gasteiger partial charge in [-0.2, -0.15) is 0 Å². The number of ketones is 1. The zero-order valence-electron chi connectivity index (χ0n) is 13.5. The van der Waals surface area contributed by atoms with Crippen LogP contribution in [0.5, 0.6) is 0 Å². The molecular weight excluding hydrogens is 306 g/mol. The third-order valence-electron chi connectivity index (χ3n) is 3.54. The summed E-state index contributed by atoms with van der Waals surface area (Å²) >= 11 is 1.56. The first-order valence-corrected chi connectivity index (χ1v) is 8.70. The number of nitrogens with one attached hydrogen (secondary N) is 1. The van der Waals surface area contributed by atoms with Gasteiger partial charge < -0.3 is 5.32 Å². The van der Waals surface area contributed by atoms with Crippen LogP contribution in [0.25, 0.3) is 0 Å². The molecule has 0 aliphatic carbocycles. The minimum absolute atomic E-state index is 0.0485. The van der Waals surface area contributed by atoms with Gasteiger partial charge in [0.05, 0.1) is 12.3 Å². The molecule has 23 heavy (non-hydrogen) atoms. The number of benzene rings is 2. The lowest BCUT2D eigenvalue weighted by atomic mass is 10.1. The maximum Gasteiger partial charge on any atom is 0.230 e. The highest BCUT2D eigenvalue weighted by molar-refractivity contribution is 7.99. The molecule has 0 bridgehead atoms. The lowest BCUT2D eigenvalue weighted by Gasteiger charge is -2.08. The van der Waals surface area contributed by atoms with E-state index in [1.807, 2.05) is 18.2 Å². The monoisotopic (exact) mass is 327 g/mol. The predicted molar refractivity (Wildman–Crippen MR) is 95.9 cm³/mol. The molecule has 1 N–H and O–H groups in total. The number of thioether (sulfide) groups is 1. The van der Waals surface area contributed by atoms with Crippen LogP contribution >= 0.6 is 11.8 Å². The molecule has 0 heterocycles. The smallest absolute Gasteiger partial charge is 0.230 e. The van der Waals surface area contributed by atoms with Gasteiger partial charge in [-0.1, -0.05) is 54.1 Å². The van der Waals surface area contributed by atoms with Crippen molar-refractivity contribution in [3.63, 3.8) is 0 Å². The Kier molecular flexibility index (Phi) is 6.41. The van der Waals surface area contributed by atoms with Crippen molar-refractivity contribution >= 4 is 23.5 Å². The Labute approximate surface area is 141 Å². The van der Waals surface area contributed by atoms with Crippen molar-refractivity contribution in [3.8, 4) is 0 Å². The van der Waals surface area contributed by atoms with E-state index >= 15 is 0 Å². The number of Topliss-reactive ketones (excluding diaryl/α,β-unsaturated/α-hetero) is 1. The quantitative estimate of drug-likeness (QED) is 0.791. The molecule has 0 aliphatic heterocycles. The Morgan fingerprint density at radius 2 is 1.78 bits per heavy atom. The van der Waals surface area contributed by atoms with Crippen molar-refractivity contribution in [3.05, 3.63) is 70.8 Å². The number of amides is 1. The predicted octanol–water partition coefficient (Wildman–Crippen LogP) is 3.54. The van der Waals surface area contributed by atoms with Gasteiger partial charge in [0.2, 0.25) is 5.91 Å². The number of hydrogen-bond donors (Lipinski definition) is 1. The third-order valence-corrected chi connectivity index (χ3v) is 4.52. The standard InChI is InChI=1S/C19H21NO2S/c1-14-8-9-15(2)17(10-14)12-23-13-19(22)20-11-18(21)16-6-4-3-5-7-16/h3-10H,11-13H2,1-2H3,(H,20,22). The van der Waals surface area contributed by atoms with Gasteiger partial charge in [-0.05, 0) is 25.0 Å². The van der Waals surface area contributed by atoms with Gasteiger partial charge in [-0.3, -0.25) is 9.59 Å². The summed E-state index contributed by atoms with van der Waals surface area (Å²) in [6.07, 6.45) is 0. The Morgan fingerprint density at radius 3 is 2.52 bits per heavy atom. The molecule has 120 valence electrons. The van der Waals surface area contributed by atoms with E-state index in [4.69, 9.17) is 0 Å². The number of aryl methyl sites for hydroxylation is 2. The largest absolute Gasteiger partial charge is 0.348 e. The second-order valence-corrected chi connectivity index (χ2v) is 6.47. The first-order chi connectivity index (χ1) is 11.1. The molecule has 2 rings (SSSR count). The van der Waals surface area contributed by atoms with Gasteiger partial charge in [0.25, 0.3) is 0 Å². The first-order valence-electron chi connectivity index (χ1n) is 7.55. The second kappa shape index (κ2) is 8.53. The van der Waals surface area contributed by atoms with Crippen LogP contribution in [-0.4, -0.2) is 24.0 Å². The van der Waals surface area contributed by atoms with Crippen molar-refractivity contribution in [2.45, 2.75) is 19.6 Å². The highest BCUT2D eigenvalue weighted by Gasteiger charge is 2.08. The Bertz CT molecular complexity index is 683. The molecule has 2 aromatic carbocycles. The molecule has 0 aliphatic rings. The lowest BCUT2D eigenvalue weighted by molar-refractivity contribution is -0.118. The van der Waals surface area contributed by atoms with E-state index in [1.165, 1.54) is 16.7 Å². The van der Waals surface area contributed by atoms with E-state index in [0.717, 1.165) is 5.75 Å². The molecule has 1 amide bonds. The lowest BCUT2D eigenvalue weighted by Crippen LogP contribution is -2.30. The molecule has 0 aromatic heterocycles. The van der Waals surface area contributed by atoms with E-state index in [1.54, 1.807) is 23.9 Å². The molecule has 0 fully saturated rings. The van der Waals surface area contributed by atoms with Crippen LogP contribution in [-0.2, 0) is 10.5 Å². The van der Waals surface area contributed by atoms with Crippen LogP contribution in [0.3, 0.4) is 0 Å². The Morgan fingerprint density at radius 1 is 1.04 bits per heavy atom. The maximum absolute atomic E-state index is 11.9. The number of carbonyl (C=O) groups is 2. The maximum atomic E-state index is 11.9. The number of rotatable bonds is 7. The van der Waals surface area contributed by atoms with Gasteiger partial charge in [-0.15, -0.1) is 11.8 Å². The average molecular weight is 327 g/mol. The Hall–Kier alpha value is -2.07. The summed E-state index contributed by atoms with van der Waals surface area (Å²) < 4.78 is 0. The van der Waals surface area contributed by atoms with Crippen LogP contribution in [0, 0.1) is 13.8 Å². The van der Waals surface area contributed by atoms with Crippen molar-refractivity contribution in [1.29, 1.82) is 0 Å². The molecule has 0 radical (unpaired) electrons. The molecule has 0 unspecified atom stereocenters. The van der Waals surface area contributed by atoms with E-state index in [0.29, 0.717) is 11.3 Å². The van der Waals surface area contributed by atoms with E-state index in [-0.39, 0.29) is 18.2 Å². The molecule has 0 spiro atoms. The summed E-state index contributed by atoms with van der Waals surface area (Å²) in [7, 11) is 0. The van der Waals surface area contributed by atoms with Crippen LogP contribution < -0.4 is 5.32 Å². The third kappa shape index (κ3) is 5.57. The van der Waals surface area contributed by atoms with Crippen molar-refractivity contribution in [2.75, 3.05) is 12.3 Å². The summed E-state index contributed by atoms with van der Waals surface area (Å²) in [4.78, 5) is 23.7. The molecular formula is C19H21NO2S. The van der Waals surface area contributed by atoms with Crippen LogP contribution in [0.2, 0.25) is 0 Å². The van der Waals surface area contributed by atoms with E-state index in [2.05, 4.69) is 37.4 Å². The first kappa shape index (κ1) is 17.3. The second-order valence-electron chi connectivity index (χ2n) is 5.49. The molecule has 3 nitrogen and oxygen atoms in total. The van der Waals surface area contributed by atoms with Gasteiger partial charge in [0.15, 0.2) is 5.78 Å². The minimum atomic E-state index is -0.107. The van der Waals surface area contributed by atoms with Crippen LogP contribution in [0.15, 0.2) is 48.5 Å². The van der Waals surface area contributed by atoms with Gasteiger partial charge in [0, 0.05) is 11.3 Å². The summed E-state index contributed by atoms with van der Waals surface area (Å²) in [5.74, 6) is 0.978. The number of carbonyl (C=O) groups excluding carboxylic acids is 2. The zero-order valence-corrected chi connectivity index (χ0v) is 14.3. The normalized spacial score (nSPS) is 10.3. The molecule has 0 saturated carbocycles. The van der Waals surface area contributed by atoms with Crippen LogP contribution in [0.4, 0.5) is 0 Å². The average Bonchev–Trinajstić information content (AvgIpc) is 2.56. The topological polar surface area (TPSA) is 46.2 Å². The van der Waals surface area contributed by atoms with Crippen molar-refractivity contribution < 1.29 is 9.59 Å². The van der Waals surface area contributed by atoms with E-state index < -0.39 is 0 Å². The summed E-state index contributed by atoms with van der Waals surface area (Å²) in [6, 6.07) is 15.3. The fourth-order valence-corrected chi connectivity index (χ4v) is 3.09. The SMILES string of the molecule is Cc1ccc(C)c(CSCC(=O)NCC(=O)c2ccccc2)c1. The minimum Gasteiger partial charge on any atom is -0.348 e. The van der Waals surface area contributed by atoms with Crippen molar-refractivity contribution in [1.82, 2.24) is 5.32 Å². The Balaban J connectivity index is 1.73. The summed E-state index contributed by atoms with van der Waals surface area (Å²) in [6.45, 7) is 4.19. The molecule has 4 heteroatoms. The molecule has 0 atom stereocenters. The molecule has 2 aromatic rings. The van der Waals surface area contributed by atoms with Gasteiger partial charge in [-0.25, -0.2) is 0 Å². The van der Waals surface area contributed by atoms with Gasteiger partial charge in [0.1, 0.15) is 0 Å².